The molecule has 0 radical (unpaired) electrons. The van der Waals surface area contributed by atoms with Crippen LogP contribution in [0.5, 0.6) is 0 Å². The average molecular weight is 282 g/mol. The largest absolute Gasteiger partial charge is 0.378 e. The van der Waals surface area contributed by atoms with E-state index in [-0.39, 0.29) is 16.6 Å². The molecule has 1 atom stereocenters. The van der Waals surface area contributed by atoms with Crippen LogP contribution >= 0.6 is 11.6 Å². The van der Waals surface area contributed by atoms with Crippen LogP contribution in [0.4, 0.5) is 5.69 Å². The van der Waals surface area contributed by atoms with Gasteiger partial charge >= 0.3 is 0 Å². The second kappa shape index (κ2) is 5.88. The first-order valence-electron chi connectivity index (χ1n) is 6.11. The lowest BCUT2D eigenvalue weighted by atomic mass is 10.3. The Balaban J connectivity index is 2.11. The normalized spacial score (nSPS) is 12.4. The summed E-state index contributed by atoms with van der Waals surface area (Å²) in [5.41, 5.74) is 0.275. The van der Waals surface area contributed by atoms with E-state index in [0.717, 1.165) is 0 Å². The maximum absolute atomic E-state index is 11.8. The van der Waals surface area contributed by atoms with Gasteiger partial charge in [-0.25, -0.2) is 4.68 Å². The Kier molecular flexibility index (Phi) is 4.21. The molecule has 0 aliphatic carbocycles. The fraction of sp³-hybridized carbons (Fsp3) is 0.417. The minimum atomic E-state index is -0.277. The number of nitrogens with zero attached hydrogens (tertiary/aromatic N) is 4. The van der Waals surface area contributed by atoms with E-state index in [1.807, 2.05) is 30.8 Å². The minimum absolute atomic E-state index is 0.0797. The van der Waals surface area contributed by atoms with Crippen LogP contribution in [0, 0.1) is 0 Å². The second-order valence-electron chi connectivity index (χ2n) is 4.27. The van der Waals surface area contributed by atoms with Crippen molar-refractivity contribution < 1.29 is 0 Å². The molecule has 0 fully saturated rings. The summed E-state index contributed by atoms with van der Waals surface area (Å²) in [7, 11) is 0. The second-order valence-corrected chi connectivity index (χ2v) is 4.64. The molecule has 0 aromatic carbocycles. The highest BCUT2D eigenvalue weighted by atomic mass is 35.5. The van der Waals surface area contributed by atoms with Crippen LogP contribution in [-0.4, -0.2) is 25.6 Å². The lowest BCUT2D eigenvalue weighted by Crippen LogP contribution is -2.27. The fourth-order valence-corrected chi connectivity index (χ4v) is 1.99. The molecular formula is C12H16ClN5O. The number of hydrogen-bond acceptors (Lipinski definition) is 4. The molecule has 6 nitrogen and oxygen atoms in total. The summed E-state index contributed by atoms with van der Waals surface area (Å²) >= 11 is 6.04. The highest BCUT2D eigenvalue weighted by Gasteiger charge is 2.11. The lowest BCUT2D eigenvalue weighted by Gasteiger charge is -2.16. The van der Waals surface area contributed by atoms with Crippen LogP contribution < -0.4 is 10.9 Å². The first-order chi connectivity index (χ1) is 9.11. The summed E-state index contributed by atoms with van der Waals surface area (Å²) in [5, 5.41) is 11.5. The van der Waals surface area contributed by atoms with Crippen molar-refractivity contribution in [2.45, 2.75) is 33.0 Å². The van der Waals surface area contributed by atoms with Gasteiger partial charge in [-0.1, -0.05) is 11.6 Å². The van der Waals surface area contributed by atoms with E-state index in [0.29, 0.717) is 18.8 Å². The molecule has 0 aliphatic rings. The van der Waals surface area contributed by atoms with Crippen LogP contribution in [0.15, 0.2) is 29.5 Å². The molecule has 7 heteroatoms. The van der Waals surface area contributed by atoms with E-state index in [4.69, 9.17) is 11.6 Å². The van der Waals surface area contributed by atoms with Crippen molar-refractivity contribution in [1.29, 1.82) is 0 Å². The molecule has 2 rings (SSSR count). The zero-order valence-corrected chi connectivity index (χ0v) is 11.6. The molecule has 0 bridgehead atoms. The quantitative estimate of drug-likeness (QED) is 0.904. The number of anilines is 1. The zero-order valence-electron chi connectivity index (χ0n) is 10.9. The number of rotatable bonds is 5. The molecule has 2 aromatic heterocycles. The topological polar surface area (TPSA) is 64.7 Å². The number of aromatic nitrogens is 4. The third-order valence-corrected chi connectivity index (χ3v) is 3.07. The average Bonchev–Trinajstić information content (AvgIpc) is 2.88. The first-order valence-corrected chi connectivity index (χ1v) is 6.49. The van der Waals surface area contributed by atoms with Crippen molar-refractivity contribution >= 4 is 17.3 Å². The van der Waals surface area contributed by atoms with Gasteiger partial charge in [0.1, 0.15) is 5.02 Å². The molecule has 0 saturated carbocycles. The molecule has 0 saturated heterocycles. The van der Waals surface area contributed by atoms with Crippen LogP contribution in [0.1, 0.15) is 13.8 Å². The van der Waals surface area contributed by atoms with E-state index in [1.165, 1.54) is 4.68 Å². The van der Waals surface area contributed by atoms with E-state index < -0.39 is 0 Å². The molecule has 1 unspecified atom stereocenters. The number of hydrogen-bond donors (Lipinski definition) is 1. The van der Waals surface area contributed by atoms with Gasteiger partial charge in [-0.15, -0.1) is 0 Å². The van der Waals surface area contributed by atoms with E-state index in [1.54, 1.807) is 12.4 Å². The van der Waals surface area contributed by atoms with Crippen LogP contribution in [0.25, 0.3) is 0 Å². The maximum Gasteiger partial charge on any atom is 0.287 e. The van der Waals surface area contributed by atoms with Gasteiger partial charge in [0.25, 0.3) is 5.56 Å². The van der Waals surface area contributed by atoms with Gasteiger partial charge in [-0.3, -0.25) is 9.48 Å². The molecule has 0 aliphatic heterocycles. The first kappa shape index (κ1) is 13.6. The van der Waals surface area contributed by atoms with Gasteiger partial charge in [-0.2, -0.15) is 10.2 Å². The van der Waals surface area contributed by atoms with Gasteiger partial charge in [-0.05, 0) is 19.9 Å². The lowest BCUT2D eigenvalue weighted by molar-refractivity contribution is 0.559. The highest BCUT2D eigenvalue weighted by Crippen LogP contribution is 2.16. The highest BCUT2D eigenvalue weighted by molar-refractivity contribution is 6.32. The van der Waals surface area contributed by atoms with E-state index >= 15 is 0 Å². The molecule has 1 N–H and O–H groups in total. The summed E-state index contributed by atoms with van der Waals surface area (Å²) < 4.78 is 3.14. The monoisotopic (exact) mass is 281 g/mol. The zero-order chi connectivity index (χ0) is 13.8. The molecule has 2 aromatic rings. The predicted octanol–water partition coefficient (Wildman–Crippen LogP) is 1.61. The Bertz CT molecular complexity index is 593. The van der Waals surface area contributed by atoms with Crippen molar-refractivity contribution in [3.05, 3.63) is 40.0 Å². The van der Waals surface area contributed by atoms with Crippen molar-refractivity contribution in [3.8, 4) is 0 Å². The Morgan fingerprint density at radius 2 is 2.26 bits per heavy atom. The third-order valence-electron chi connectivity index (χ3n) is 2.71. The third kappa shape index (κ3) is 3.14. The van der Waals surface area contributed by atoms with Gasteiger partial charge in [0.05, 0.1) is 18.4 Å². The summed E-state index contributed by atoms with van der Waals surface area (Å²) in [5.74, 6) is 0. The Morgan fingerprint density at radius 1 is 1.47 bits per heavy atom. The molecule has 2 heterocycles. The van der Waals surface area contributed by atoms with E-state index in [2.05, 4.69) is 15.5 Å². The molecule has 0 spiro atoms. The van der Waals surface area contributed by atoms with Crippen LogP contribution in [0.2, 0.25) is 5.02 Å². The van der Waals surface area contributed by atoms with Gasteiger partial charge in [0.2, 0.25) is 0 Å². The van der Waals surface area contributed by atoms with Gasteiger partial charge in [0.15, 0.2) is 0 Å². The molecular weight excluding hydrogens is 266 g/mol. The molecule has 19 heavy (non-hydrogen) atoms. The summed E-state index contributed by atoms with van der Waals surface area (Å²) in [6.45, 7) is 5.02. The SMILES string of the molecule is CCn1ncc(NC(C)Cn2cccn2)c(Cl)c1=O. The van der Waals surface area contributed by atoms with Crippen LogP contribution in [-0.2, 0) is 13.1 Å². The van der Waals surface area contributed by atoms with Crippen molar-refractivity contribution in [1.82, 2.24) is 19.6 Å². The minimum Gasteiger partial charge on any atom is -0.378 e. The molecule has 0 amide bonds. The number of aryl methyl sites for hydroxylation is 1. The van der Waals surface area contributed by atoms with Gasteiger partial charge in [0, 0.05) is 25.0 Å². The summed E-state index contributed by atoms with van der Waals surface area (Å²) in [6, 6.07) is 1.94. The van der Waals surface area contributed by atoms with Crippen molar-refractivity contribution in [3.63, 3.8) is 0 Å². The summed E-state index contributed by atoms with van der Waals surface area (Å²) in [4.78, 5) is 11.8. The van der Waals surface area contributed by atoms with Crippen LogP contribution in [0.3, 0.4) is 0 Å². The van der Waals surface area contributed by atoms with E-state index in [9.17, 15) is 4.79 Å². The Hall–Kier alpha value is -1.82. The molecule has 102 valence electrons. The van der Waals surface area contributed by atoms with Gasteiger partial charge < -0.3 is 5.32 Å². The fourth-order valence-electron chi connectivity index (χ4n) is 1.79. The summed E-state index contributed by atoms with van der Waals surface area (Å²) in [6.07, 6.45) is 5.18. The number of halogens is 1. The standard InChI is InChI=1S/C12H16ClN5O/c1-3-18-12(19)11(13)10(7-15-18)16-9(2)8-17-6-4-5-14-17/h4-7,9,16H,3,8H2,1-2H3. The van der Waals surface area contributed by atoms with Crippen molar-refractivity contribution in [2.24, 2.45) is 0 Å². The Labute approximate surface area is 116 Å². The Morgan fingerprint density at radius 3 is 2.89 bits per heavy atom. The maximum atomic E-state index is 11.8. The predicted molar refractivity (Wildman–Crippen MR) is 74.5 cm³/mol. The smallest absolute Gasteiger partial charge is 0.287 e. The van der Waals surface area contributed by atoms with Crippen molar-refractivity contribution in [2.75, 3.05) is 5.32 Å². The number of nitrogens with one attached hydrogen (secondary N) is 1.